The van der Waals surface area contributed by atoms with Crippen molar-refractivity contribution in [2.24, 2.45) is 7.05 Å². The van der Waals surface area contributed by atoms with Crippen LogP contribution in [0.2, 0.25) is 0 Å². The molecule has 0 aromatic carbocycles. The summed E-state index contributed by atoms with van der Waals surface area (Å²) in [6.45, 7) is 4.44. The molecule has 1 aliphatic rings. The molecule has 1 saturated heterocycles. The van der Waals surface area contributed by atoms with E-state index in [2.05, 4.69) is 9.97 Å². The predicted octanol–water partition coefficient (Wildman–Crippen LogP) is 1.27. The Hall–Kier alpha value is -1.93. The minimum absolute atomic E-state index is 0.0927. The Kier molecular flexibility index (Phi) is 4.11. The fraction of sp³-hybridized carbons (Fsp3) is 0.467. The summed E-state index contributed by atoms with van der Waals surface area (Å²) in [7, 11) is -1.79. The quantitative estimate of drug-likeness (QED) is 0.840. The van der Waals surface area contributed by atoms with Crippen LogP contribution in [0.4, 0.5) is 0 Å². The molecule has 1 atom stereocenters. The fourth-order valence-corrected chi connectivity index (χ4v) is 4.02. The van der Waals surface area contributed by atoms with Gasteiger partial charge in [-0.3, -0.25) is 4.98 Å². The lowest BCUT2D eigenvalue weighted by molar-refractivity contribution is 0.214. The number of sulfonamides is 1. The molecule has 0 radical (unpaired) electrons. The summed E-state index contributed by atoms with van der Waals surface area (Å²) >= 11 is 0. The van der Waals surface area contributed by atoms with Crippen LogP contribution in [0.5, 0.6) is 5.75 Å². The van der Waals surface area contributed by atoms with Crippen LogP contribution in [0, 0.1) is 13.8 Å². The van der Waals surface area contributed by atoms with E-state index < -0.39 is 10.0 Å². The summed E-state index contributed by atoms with van der Waals surface area (Å²) in [5, 5.41) is 0.0927. The Bertz CT molecular complexity index is 779. The lowest BCUT2D eigenvalue weighted by Crippen LogP contribution is -2.31. The van der Waals surface area contributed by atoms with Crippen molar-refractivity contribution >= 4 is 10.0 Å². The average Bonchev–Trinajstić information content (AvgIpc) is 3.10. The van der Waals surface area contributed by atoms with Gasteiger partial charge in [-0.2, -0.15) is 4.31 Å². The third-order valence-electron chi connectivity index (χ3n) is 3.99. The van der Waals surface area contributed by atoms with E-state index >= 15 is 0 Å². The number of hydrogen-bond acceptors (Lipinski definition) is 5. The number of aromatic nitrogens is 3. The molecule has 7 nitrogen and oxygen atoms in total. The molecule has 2 aromatic rings. The second kappa shape index (κ2) is 5.93. The van der Waals surface area contributed by atoms with Crippen LogP contribution in [0.15, 0.2) is 29.6 Å². The summed E-state index contributed by atoms with van der Waals surface area (Å²) < 4.78 is 34.2. The van der Waals surface area contributed by atoms with Gasteiger partial charge in [0.25, 0.3) is 10.0 Å². The first-order valence-electron chi connectivity index (χ1n) is 7.45. The van der Waals surface area contributed by atoms with E-state index in [-0.39, 0.29) is 11.1 Å². The molecule has 124 valence electrons. The number of nitrogens with zero attached hydrogens (tertiary/aromatic N) is 4. The van der Waals surface area contributed by atoms with E-state index in [1.54, 1.807) is 30.9 Å². The molecule has 0 amide bonds. The van der Waals surface area contributed by atoms with E-state index in [9.17, 15) is 8.42 Å². The third-order valence-corrected chi connectivity index (χ3v) is 5.72. The third kappa shape index (κ3) is 3.23. The van der Waals surface area contributed by atoms with Crippen LogP contribution in [-0.2, 0) is 17.1 Å². The topological polar surface area (TPSA) is 77.3 Å². The van der Waals surface area contributed by atoms with Crippen molar-refractivity contribution in [3.63, 3.8) is 0 Å². The van der Waals surface area contributed by atoms with Gasteiger partial charge in [-0.15, -0.1) is 0 Å². The minimum Gasteiger partial charge on any atom is -0.487 e. The number of aryl methyl sites for hydroxylation is 3. The number of ether oxygens (including phenoxy) is 1. The largest absolute Gasteiger partial charge is 0.487 e. The first kappa shape index (κ1) is 15.9. The molecule has 1 aliphatic heterocycles. The van der Waals surface area contributed by atoms with E-state index in [4.69, 9.17) is 4.74 Å². The van der Waals surface area contributed by atoms with Crippen LogP contribution >= 0.6 is 0 Å². The van der Waals surface area contributed by atoms with Crippen molar-refractivity contribution in [2.75, 3.05) is 13.1 Å². The van der Waals surface area contributed by atoms with E-state index in [1.165, 1.54) is 4.31 Å². The first-order chi connectivity index (χ1) is 10.9. The van der Waals surface area contributed by atoms with Gasteiger partial charge in [-0.05, 0) is 32.4 Å². The highest BCUT2D eigenvalue weighted by Crippen LogP contribution is 2.23. The molecule has 23 heavy (non-hydrogen) atoms. The van der Waals surface area contributed by atoms with Gasteiger partial charge in [0.15, 0.2) is 5.03 Å². The average molecular weight is 336 g/mol. The number of pyridine rings is 1. The van der Waals surface area contributed by atoms with Crippen molar-refractivity contribution in [3.05, 3.63) is 36.0 Å². The maximum Gasteiger partial charge on any atom is 0.262 e. The molecule has 3 rings (SSSR count). The number of hydrogen-bond donors (Lipinski definition) is 0. The maximum absolute atomic E-state index is 12.6. The van der Waals surface area contributed by atoms with E-state index in [1.807, 2.05) is 19.1 Å². The minimum atomic E-state index is -3.57. The summed E-state index contributed by atoms with van der Waals surface area (Å²) in [5.41, 5.74) is 0.915. The number of rotatable bonds is 4. The second-order valence-electron chi connectivity index (χ2n) is 5.76. The van der Waals surface area contributed by atoms with Crippen molar-refractivity contribution < 1.29 is 13.2 Å². The normalized spacial score (nSPS) is 19.2. The molecule has 0 saturated carbocycles. The zero-order valence-corrected chi connectivity index (χ0v) is 14.2. The van der Waals surface area contributed by atoms with E-state index in [0.717, 1.165) is 5.69 Å². The lowest BCUT2D eigenvalue weighted by atomic mass is 10.3. The Labute approximate surface area is 136 Å². The SMILES string of the molecule is Cc1ccc(OC2CCN(S(=O)(=O)c3cn(C)c(C)n3)C2)cn1. The van der Waals surface area contributed by atoms with Gasteiger partial charge in [-0.25, -0.2) is 13.4 Å². The summed E-state index contributed by atoms with van der Waals surface area (Å²) in [5.74, 6) is 1.33. The van der Waals surface area contributed by atoms with Crippen molar-refractivity contribution in [3.8, 4) is 5.75 Å². The fourth-order valence-electron chi connectivity index (χ4n) is 2.51. The second-order valence-corrected chi connectivity index (χ2v) is 7.65. The van der Waals surface area contributed by atoms with Gasteiger partial charge in [0.1, 0.15) is 17.7 Å². The molecule has 0 spiro atoms. The monoisotopic (exact) mass is 336 g/mol. The highest BCUT2D eigenvalue weighted by molar-refractivity contribution is 7.89. The molecule has 0 aliphatic carbocycles. The Morgan fingerprint density at radius 2 is 2.09 bits per heavy atom. The van der Waals surface area contributed by atoms with Crippen molar-refractivity contribution in [2.45, 2.75) is 31.4 Å². The Morgan fingerprint density at radius 3 is 2.70 bits per heavy atom. The summed E-state index contributed by atoms with van der Waals surface area (Å²) in [6.07, 6.45) is 3.69. The molecule has 0 bridgehead atoms. The van der Waals surface area contributed by atoms with Crippen molar-refractivity contribution in [1.29, 1.82) is 0 Å². The van der Waals surface area contributed by atoms with Crippen LogP contribution in [0.1, 0.15) is 17.9 Å². The number of imidazole rings is 1. The molecular weight excluding hydrogens is 316 g/mol. The zero-order valence-electron chi connectivity index (χ0n) is 13.4. The van der Waals surface area contributed by atoms with Gasteiger partial charge < -0.3 is 9.30 Å². The highest BCUT2D eigenvalue weighted by atomic mass is 32.2. The van der Waals surface area contributed by atoms with Gasteiger partial charge in [-0.1, -0.05) is 0 Å². The molecule has 8 heteroatoms. The maximum atomic E-state index is 12.6. The van der Waals surface area contributed by atoms with Crippen LogP contribution in [0.25, 0.3) is 0 Å². The molecule has 1 fully saturated rings. The van der Waals surface area contributed by atoms with Crippen LogP contribution < -0.4 is 4.74 Å². The zero-order chi connectivity index (χ0) is 16.6. The smallest absolute Gasteiger partial charge is 0.262 e. The Morgan fingerprint density at radius 1 is 1.30 bits per heavy atom. The standard InChI is InChI=1S/C15H20N4O3S/c1-11-4-5-13(8-16-11)22-14-6-7-19(9-14)23(20,21)15-10-18(3)12(2)17-15/h4-5,8,10,14H,6-7,9H2,1-3H3. The van der Waals surface area contributed by atoms with Crippen molar-refractivity contribution in [1.82, 2.24) is 18.8 Å². The highest BCUT2D eigenvalue weighted by Gasteiger charge is 2.35. The van der Waals surface area contributed by atoms with Crippen LogP contribution in [0.3, 0.4) is 0 Å². The van der Waals surface area contributed by atoms with Gasteiger partial charge in [0.05, 0.1) is 12.7 Å². The van der Waals surface area contributed by atoms with Gasteiger partial charge >= 0.3 is 0 Å². The van der Waals surface area contributed by atoms with E-state index in [0.29, 0.717) is 31.1 Å². The predicted molar refractivity (Wildman–Crippen MR) is 84.7 cm³/mol. The summed E-state index contributed by atoms with van der Waals surface area (Å²) in [6, 6.07) is 3.72. The van der Waals surface area contributed by atoms with Gasteiger partial charge in [0.2, 0.25) is 0 Å². The first-order valence-corrected chi connectivity index (χ1v) is 8.89. The lowest BCUT2D eigenvalue weighted by Gasteiger charge is -2.16. The Balaban J connectivity index is 1.70. The summed E-state index contributed by atoms with van der Waals surface area (Å²) in [4.78, 5) is 8.31. The van der Waals surface area contributed by atoms with Crippen LogP contribution in [-0.4, -0.2) is 46.5 Å². The molecule has 0 N–H and O–H groups in total. The molecule has 1 unspecified atom stereocenters. The molecular formula is C15H20N4O3S. The molecule has 2 aromatic heterocycles. The molecule has 3 heterocycles. The van der Waals surface area contributed by atoms with Gasteiger partial charge in [0, 0.05) is 25.5 Å².